The van der Waals surface area contributed by atoms with E-state index in [1.807, 2.05) is 0 Å². The van der Waals surface area contributed by atoms with Gasteiger partial charge in [0.15, 0.2) is 9.84 Å². The molecule has 1 aromatic rings. The molecule has 2 aliphatic heterocycles. The summed E-state index contributed by atoms with van der Waals surface area (Å²) in [6.45, 7) is 1.10. The minimum absolute atomic E-state index is 0.0136. The number of hydrogen-bond donors (Lipinski definition) is 1. The van der Waals surface area contributed by atoms with Crippen molar-refractivity contribution >= 4 is 21.7 Å². The number of rotatable bonds is 5. The standard InChI is InChI=1S/C15H20N2O5S/c18-14-6-12(8-17(14)9-13-2-1-4-22-13)15(19)16-7-11-3-5-23(20,21)10-11/h1-2,4,11-12H,3,5-10H2,(H,16,19)/t11-,12-/m0/s1. The highest BCUT2D eigenvalue weighted by Gasteiger charge is 2.35. The van der Waals surface area contributed by atoms with Gasteiger partial charge in [0.2, 0.25) is 11.8 Å². The van der Waals surface area contributed by atoms with Gasteiger partial charge >= 0.3 is 0 Å². The van der Waals surface area contributed by atoms with Gasteiger partial charge in [-0.2, -0.15) is 0 Å². The number of carbonyl (C=O) groups is 2. The molecule has 0 bridgehead atoms. The van der Waals surface area contributed by atoms with Crippen molar-refractivity contribution in [3.8, 4) is 0 Å². The molecule has 2 amide bonds. The lowest BCUT2D eigenvalue weighted by Gasteiger charge is -2.16. The first kappa shape index (κ1) is 16.0. The Morgan fingerprint density at radius 3 is 2.91 bits per heavy atom. The van der Waals surface area contributed by atoms with Crippen LogP contribution in [0.15, 0.2) is 22.8 Å². The summed E-state index contributed by atoms with van der Waals surface area (Å²) in [5.74, 6) is 0.398. The van der Waals surface area contributed by atoms with Crippen molar-refractivity contribution in [2.45, 2.75) is 19.4 Å². The summed E-state index contributed by atoms with van der Waals surface area (Å²) in [4.78, 5) is 25.8. The third-order valence-corrected chi connectivity index (χ3v) is 6.24. The van der Waals surface area contributed by atoms with Crippen LogP contribution in [0.1, 0.15) is 18.6 Å². The SMILES string of the molecule is O=C(NC[C@@H]1CCS(=O)(=O)C1)[C@H]1CC(=O)N(Cc2ccco2)C1. The maximum absolute atomic E-state index is 12.2. The summed E-state index contributed by atoms with van der Waals surface area (Å²) < 4.78 is 28.0. The zero-order valence-electron chi connectivity index (χ0n) is 12.7. The molecule has 23 heavy (non-hydrogen) atoms. The molecule has 0 saturated carbocycles. The number of nitrogens with zero attached hydrogens (tertiary/aromatic N) is 1. The number of likely N-dealkylation sites (tertiary alicyclic amines) is 1. The summed E-state index contributed by atoms with van der Waals surface area (Å²) >= 11 is 0. The molecule has 0 aliphatic carbocycles. The van der Waals surface area contributed by atoms with Crippen molar-refractivity contribution in [3.05, 3.63) is 24.2 Å². The van der Waals surface area contributed by atoms with Crippen molar-refractivity contribution in [2.24, 2.45) is 11.8 Å². The highest BCUT2D eigenvalue weighted by atomic mass is 32.2. The molecule has 3 rings (SSSR count). The number of sulfone groups is 1. The first-order valence-corrected chi connectivity index (χ1v) is 9.53. The van der Waals surface area contributed by atoms with Crippen molar-refractivity contribution in [2.75, 3.05) is 24.6 Å². The molecule has 2 atom stereocenters. The van der Waals surface area contributed by atoms with E-state index in [1.54, 1.807) is 23.3 Å². The topological polar surface area (TPSA) is 96.7 Å². The summed E-state index contributed by atoms with van der Waals surface area (Å²) in [7, 11) is -2.93. The van der Waals surface area contributed by atoms with Gasteiger partial charge in [-0.25, -0.2) is 8.42 Å². The van der Waals surface area contributed by atoms with Crippen LogP contribution in [0.4, 0.5) is 0 Å². The second kappa shape index (κ2) is 6.35. The van der Waals surface area contributed by atoms with Gasteiger partial charge in [0, 0.05) is 19.5 Å². The fourth-order valence-electron chi connectivity index (χ4n) is 3.11. The van der Waals surface area contributed by atoms with Crippen molar-refractivity contribution in [1.29, 1.82) is 0 Å². The van der Waals surface area contributed by atoms with E-state index in [-0.39, 0.29) is 41.6 Å². The molecule has 2 saturated heterocycles. The van der Waals surface area contributed by atoms with Crippen LogP contribution in [0.2, 0.25) is 0 Å². The quantitative estimate of drug-likeness (QED) is 0.825. The van der Waals surface area contributed by atoms with Gasteiger partial charge in [-0.1, -0.05) is 0 Å². The van der Waals surface area contributed by atoms with E-state index >= 15 is 0 Å². The molecule has 126 valence electrons. The fraction of sp³-hybridized carbons (Fsp3) is 0.600. The van der Waals surface area contributed by atoms with Gasteiger partial charge in [-0.05, 0) is 24.5 Å². The molecular formula is C15H20N2O5S. The largest absolute Gasteiger partial charge is 0.467 e. The molecule has 0 aromatic carbocycles. The molecule has 3 heterocycles. The maximum atomic E-state index is 12.2. The number of nitrogens with one attached hydrogen (secondary N) is 1. The second-order valence-corrected chi connectivity index (χ2v) is 8.50. The van der Waals surface area contributed by atoms with E-state index in [0.717, 1.165) is 0 Å². The molecule has 2 fully saturated rings. The Kier molecular flexibility index (Phi) is 4.43. The van der Waals surface area contributed by atoms with Crippen LogP contribution in [0.3, 0.4) is 0 Å². The maximum Gasteiger partial charge on any atom is 0.225 e. The number of hydrogen-bond acceptors (Lipinski definition) is 5. The highest BCUT2D eigenvalue weighted by Crippen LogP contribution is 2.21. The summed E-state index contributed by atoms with van der Waals surface area (Å²) in [5, 5.41) is 2.80. The summed E-state index contributed by atoms with van der Waals surface area (Å²) in [5.41, 5.74) is 0. The molecular weight excluding hydrogens is 320 g/mol. The van der Waals surface area contributed by atoms with Crippen LogP contribution in [-0.4, -0.2) is 49.7 Å². The molecule has 0 unspecified atom stereocenters. The first-order chi connectivity index (χ1) is 10.9. The van der Waals surface area contributed by atoms with Crippen molar-refractivity contribution in [3.63, 3.8) is 0 Å². The van der Waals surface area contributed by atoms with Gasteiger partial charge in [0.1, 0.15) is 5.76 Å². The number of furan rings is 1. The zero-order chi connectivity index (χ0) is 16.4. The lowest BCUT2D eigenvalue weighted by Crippen LogP contribution is -2.36. The third-order valence-electron chi connectivity index (χ3n) is 4.40. The Morgan fingerprint density at radius 1 is 1.43 bits per heavy atom. The molecule has 8 heteroatoms. The zero-order valence-corrected chi connectivity index (χ0v) is 13.5. The monoisotopic (exact) mass is 340 g/mol. The molecule has 2 aliphatic rings. The lowest BCUT2D eigenvalue weighted by molar-refractivity contribution is -0.129. The van der Waals surface area contributed by atoms with E-state index in [4.69, 9.17) is 4.42 Å². The second-order valence-electron chi connectivity index (χ2n) is 6.27. The van der Waals surface area contributed by atoms with E-state index in [0.29, 0.717) is 31.8 Å². The Balaban J connectivity index is 1.48. The summed E-state index contributed by atoms with van der Waals surface area (Å²) in [6, 6.07) is 3.55. The predicted molar refractivity (Wildman–Crippen MR) is 82.0 cm³/mol. The van der Waals surface area contributed by atoms with Crippen LogP contribution in [-0.2, 0) is 26.0 Å². The Labute approximate surface area is 134 Å². The minimum atomic E-state index is -2.93. The normalized spacial score (nSPS) is 26.6. The number of amides is 2. The van der Waals surface area contributed by atoms with Crippen LogP contribution in [0.5, 0.6) is 0 Å². The van der Waals surface area contributed by atoms with E-state index in [2.05, 4.69) is 5.32 Å². The van der Waals surface area contributed by atoms with E-state index in [9.17, 15) is 18.0 Å². The van der Waals surface area contributed by atoms with Crippen molar-refractivity contribution in [1.82, 2.24) is 10.2 Å². The Morgan fingerprint density at radius 2 is 2.26 bits per heavy atom. The lowest BCUT2D eigenvalue weighted by atomic mass is 10.1. The van der Waals surface area contributed by atoms with Crippen molar-refractivity contribution < 1.29 is 22.4 Å². The van der Waals surface area contributed by atoms with Gasteiger partial charge in [0.25, 0.3) is 0 Å². The molecule has 0 radical (unpaired) electrons. The molecule has 0 spiro atoms. The summed E-state index contributed by atoms with van der Waals surface area (Å²) in [6.07, 6.45) is 2.34. The number of carbonyl (C=O) groups excluding carboxylic acids is 2. The van der Waals surface area contributed by atoms with E-state index in [1.165, 1.54) is 0 Å². The molecule has 1 aromatic heterocycles. The Bertz CT molecular complexity index is 683. The minimum Gasteiger partial charge on any atom is -0.467 e. The van der Waals surface area contributed by atoms with Gasteiger partial charge in [-0.3, -0.25) is 9.59 Å². The van der Waals surface area contributed by atoms with Gasteiger partial charge < -0.3 is 14.6 Å². The van der Waals surface area contributed by atoms with Gasteiger partial charge in [0.05, 0.1) is 30.2 Å². The molecule has 7 nitrogen and oxygen atoms in total. The predicted octanol–water partition coefficient (Wildman–Crippen LogP) is 0.179. The third kappa shape index (κ3) is 3.93. The van der Waals surface area contributed by atoms with Crippen LogP contribution >= 0.6 is 0 Å². The van der Waals surface area contributed by atoms with Gasteiger partial charge in [-0.15, -0.1) is 0 Å². The first-order valence-electron chi connectivity index (χ1n) is 7.71. The van der Waals surface area contributed by atoms with E-state index < -0.39 is 9.84 Å². The highest BCUT2D eigenvalue weighted by molar-refractivity contribution is 7.91. The van der Waals surface area contributed by atoms with Crippen LogP contribution < -0.4 is 5.32 Å². The smallest absolute Gasteiger partial charge is 0.225 e. The van der Waals surface area contributed by atoms with Crippen LogP contribution in [0, 0.1) is 11.8 Å². The molecule has 1 N–H and O–H groups in total. The average molecular weight is 340 g/mol. The Hall–Kier alpha value is -1.83. The average Bonchev–Trinajstić information content (AvgIpc) is 3.19. The van der Waals surface area contributed by atoms with Crippen LogP contribution in [0.25, 0.3) is 0 Å². The fourth-order valence-corrected chi connectivity index (χ4v) is 4.98.